The van der Waals surface area contributed by atoms with Gasteiger partial charge in [0.1, 0.15) is 23.2 Å². The SMILES string of the molecule is O=C(Cc1ccccc1F)Cc1c(F)ccc(Br)c1F. The first-order valence-electron chi connectivity index (χ1n) is 5.86. The molecular formula is C15H10BrF3O. The van der Waals surface area contributed by atoms with E-state index in [9.17, 15) is 18.0 Å². The van der Waals surface area contributed by atoms with Gasteiger partial charge in [0.05, 0.1) is 4.47 Å². The molecule has 0 aliphatic heterocycles. The molecule has 0 unspecified atom stereocenters. The number of benzene rings is 2. The minimum atomic E-state index is -0.799. The summed E-state index contributed by atoms with van der Waals surface area (Å²) in [6.07, 6.45) is -0.608. The monoisotopic (exact) mass is 342 g/mol. The summed E-state index contributed by atoms with van der Waals surface area (Å²) in [7, 11) is 0. The summed E-state index contributed by atoms with van der Waals surface area (Å²) in [5.41, 5.74) is -0.0889. The van der Waals surface area contributed by atoms with Gasteiger partial charge in [0, 0.05) is 18.4 Å². The second-order valence-corrected chi connectivity index (χ2v) is 5.16. The fourth-order valence-corrected chi connectivity index (χ4v) is 2.22. The smallest absolute Gasteiger partial charge is 0.143 e. The average Bonchev–Trinajstić information content (AvgIpc) is 2.42. The molecule has 1 nitrogen and oxygen atoms in total. The van der Waals surface area contributed by atoms with Crippen molar-refractivity contribution < 1.29 is 18.0 Å². The number of carbonyl (C=O) groups is 1. The normalized spacial score (nSPS) is 10.6. The Labute approximate surface area is 122 Å². The molecule has 5 heteroatoms. The van der Waals surface area contributed by atoms with E-state index in [2.05, 4.69) is 15.9 Å². The zero-order valence-corrected chi connectivity index (χ0v) is 11.9. The molecule has 2 rings (SSSR count). The Balaban J connectivity index is 2.17. The van der Waals surface area contributed by atoms with Crippen molar-refractivity contribution in [3.63, 3.8) is 0 Å². The predicted molar refractivity (Wildman–Crippen MR) is 72.9 cm³/mol. The number of rotatable bonds is 4. The Morgan fingerprint density at radius 1 is 0.950 bits per heavy atom. The molecule has 20 heavy (non-hydrogen) atoms. The molecule has 0 atom stereocenters. The third kappa shape index (κ3) is 3.28. The molecule has 0 aliphatic rings. The van der Waals surface area contributed by atoms with Crippen molar-refractivity contribution in [3.05, 3.63) is 69.4 Å². The first-order valence-corrected chi connectivity index (χ1v) is 6.66. The molecule has 0 radical (unpaired) electrons. The molecule has 0 heterocycles. The molecule has 0 fully saturated rings. The maximum atomic E-state index is 13.7. The van der Waals surface area contributed by atoms with Gasteiger partial charge in [-0.3, -0.25) is 4.79 Å². The Morgan fingerprint density at radius 3 is 2.35 bits per heavy atom. The molecule has 0 aliphatic carbocycles. The van der Waals surface area contributed by atoms with Crippen LogP contribution in [0.25, 0.3) is 0 Å². The van der Waals surface area contributed by atoms with Gasteiger partial charge in [-0.2, -0.15) is 0 Å². The highest BCUT2D eigenvalue weighted by Crippen LogP contribution is 2.22. The topological polar surface area (TPSA) is 17.1 Å². The summed E-state index contributed by atoms with van der Waals surface area (Å²) in [4.78, 5) is 11.8. The third-order valence-corrected chi connectivity index (χ3v) is 3.47. The van der Waals surface area contributed by atoms with Gasteiger partial charge in [-0.25, -0.2) is 13.2 Å². The zero-order chi connectivity index (χ0) is 14.7. The molecule has 0 N–H and O–H groups in total. The van der Waals surface area contributed by atoms with E-state index in [4.69, 9.17) is 0 Å². The Hall–Kier alpha value is -1.62. The van der Waals surface area contributed by atoms with Crippen LogP contribution in [-0.4, -0.2) is 5.78 Å². The van der Waals surface area contributed by atoms with Crippen LogP contribution >= 0.6 is 15.9 Å². The lowest BCUT2D eigenvalue weighted by molar-refractivity contribution is -0.117. The van der Waals surface area contributed by atoms with Crippen LogP contribution in [0.15, 0.2) is 40.9 Å². The van der Waals surface area contributed by atoms with Gasteiger partial charge in [-0.05, 0) is 39.7 Å². The van der Waals surface area contributed by atoms with E-state index < -0.39 is 29.7 Å². The van der Waals surface area contributed by atoms with E-state index in [0.29, 0.717) is 0 Å². The van der Waals surface area contributed by atoms with E-state index in [-0.39, 0.29) is 22.0 Å². The second-order valence-electron chi connectivity index (χ2n) is 4.31. The van der Waals surface area contributed by atoms with Crippen LogP contribution in [0.2, 0.25) is 0 Å². The van der Waals surface area contributed by atoms with E-state index in [1.54, 1.807) is 6.07 Å². The van der Waals surface area contributed by atoms with Gasteiger partial charge in [-0.15, -0.1) is 0 Å². The Kier molecular flexibility index (Phi) is 4.60. The van der Waals surface area contributed by atoms with Crippen LogP contribution in [0, 0.1) is 17.5 Å². The van der Waals surface area contributed by atoms with Gasteiger partial charge in [0.25, 0.3) is 0 Å². The summed E-state index contributed by atoms with van der Waals surface area (Å²) < 4.78 is 40.7. The highest BCUT2D eigenvalue weighted by molar-refractivity contribution is 9.10. The molecule has 0 bridgehead atoms. The van der Waals surface area contributed by atoms with E-state index in [1.165, 1.54) is 24.3 Å². The lowest BCUT2D eigenvalue weighted by Gasteiger charge is -2.06. The second kappa shape index (κ2) is 6.22. The molecule has 2 aromatic rings. The minimum absolute atomic E-state index is 0.0904. The van der Waals surface area contributed by atoms with E-state index in [0.717, 1.165) is 6.07 Å². The summed E-state index contributed by atoms with van der Waals surface area (Å²) >= 11 is 2.94. The van der Waals surface area contributed by atoms with E-state index >= 15 is 0 Å². The number of halogens is 4. The van der Waals surface area contributed by atoms with Crippen molar-refractivity contribution >= 4 is 21.7 Å². The first kappa shape index (κ1) is 14.8. The first-order chi connectivity index (χ1) is 9.49. The Morgan fingerprint density at radius 2 is 1.65 bits per heavy atom. The van der Waals surface area contributed by atoms with Crippen LogP contribution in [0.4, 0.5) is 13.2 Å². The summed E-state index contributed by atoms with van der Waals surface area (Å²) in [5.74, 6) is -2.54. The largest absolute Gasteiger partial charge is 0.299 e. The van der Waals surface area contributed by atoms with Gasteiger partial charge in [0.2, 0.25) is 0 Å². The van der Waals surface area contributed by atoms with Crippen molar-refractivity contribution in [2.75, 3.05) is 0 Å². The van der Waals surface area contributed by atoms with Crippen LogP contribution < -0.4 is 0 Å². The fraction of sp³-hybridized carbons (Fsp3) is 0.133. The standard InChI is InChI=1S/C15H10BrF3O/c16-12-5-6-14(18)11(15(12)19)8-10(20)7-9-3-1-2-4-13(9)17/h1-6H,7-8H2. The molecule has 0 aromatic heterocycles. The minimum Gasteiger partial charge on any atom is -0.299 e. The number of hydrogen-bond donors (Lipinski definition) is 0. The van der Waals surface area contributed by atoms with Gasteiger partial charge in [-0.1, -0.05) is 18.2 Å². The predicted octanol–water partition coefficient (Wildman–Crippen LogP) is 4.22. The summed E-state index contributed by atoms with van der Waals surface area (Å²) in [5, 5.41) is 0. The quantitative estimate of drug-likeness (QED) is 0.760. The third-order valence-electron chi connectivity index (χ3n) is 2.86. The van der Waals surface area contributed by atoms with Crippen molar-refractivity contribution in [2.24, 2.45) is 0 Å². The number of Topliss-reactive ketones (excluding diaryl/α,β-unsaturated/α-hetero) is 1. The van der Waals surface area contributed by atoms with E-state index in [1.807, 2.05) is 0 Å². The summed E-state index contributed by atoms with van der Waals surface area (Å²) in [6.45, 7) is 0. The molecule has 0 saturated heterocycles. The molecule has 0 spiro atoms. The van der Waals surface area contributed by atoms with Crippen molar-refractivity contribution in [1.29, 1.82) is 0 Å². The number of ketones is 1. The molecule has 2 aromatic carbocycles. The average molecular weight is 343 g/mol. The number of carbonyl (C=O) groups excluding carboxylic acids is 1. The fourth-order valence-electron chi connectivity index (χ4n) is 1.84. The van der Waals surface area contributed by atoms with Crippen molar-refractivity contribution in [3.8, 4) is 0 Å². The Bertz CT molecular complexity index is 656. The summed E-state index contributed by atoms with van der Waals surface area (Å²) in [6, 6.07) is 8.14. The van der Waals surface area contributed by atoms with Gasteiger partial charge >= 0.3 is 0 Å². The zero-order valence-electron chi connectivity index (χ0n) is 10.3. The van der Waals surface area contributed by atoms with Crippen molar-refractivity contribution in [2.45, 2.75) is 12.8 Å². The van der Waals surface area contributed by atoms with Gasteiger partial charge < -0.3 is 0 Å². The lowest BCUT2D eigenvalue weighted by Crippen LogP contribution is -2.11. The molecule has 0 amide bonds. The van der Waals surface area contributed by atoms with Crippen LogP contribution in [-0.2, 0) is 17.6 Å². The number of hydrogen-bond acceptors (Lipinski definition) is 1. The maximum absolute atomic E-state index is 13.7. The highest BCUT2D eigenvalue weighted by atomic mass is 79.9. The lowest BCUT2D eigenvalue weighted by atomic mass is 10.0. The van der Waals surface area contributed by atoms with Gasteiger partial charge in [0.15, 0.2) is 0 Å². The molecular weight excluding hydrogens is 333 g/mol. The molecule has 104 valence electrons. The highest BCUT2D eigenvalue weighted by Gasteiger charge is 2.17. The maximum Gasteiger partial charge on any atom is 0.143 e. The van der Waals surface area contributed by atoms with Crippen LogP contribution in [0.1, 0.15) is 11.1 Å². The van der Waals surface area contributed by atoms with Crippen LogP contribution in [0.5, 0.6) is 0 Å². The van der Waals surface area contributed by atoms with Crippen LogP contribution in [0.3, 0.4) is 0 Å². The van der Waals surface area contributed by atoms with Crippen molar-refractivity contribution in [1.82, 2.24) is 0 Å². The molecule has 0 saturated carbocycles.